The van der Waals surface area contributed by atoms with Gasteiger partial charge in [0.25, 0.3) is 5.91 Å². The van der Waals surface area contributed by atoms with Crippen LogP contribution in [0, 0.1) is 0 Å². The Hall–Kier alpha value is -4.39. The Labute approximate surface area is 228 Å². The molecule has 4 heterocycles. The molecule has 204 valence electrons. The van der Waals surface area contributed by atoms with Crippen LogP contribution in [0.15, 0.2) is 35.5 Å². The van der Waals surface area contributed by atoms with E-state index in [2.05, 4.69) is 35.9 Å². The highest BCUT2D eigenvalue weighted by Crippen LogP contribution is 2.27. The fraction of sp³-hybridized carbons (Fsp3) is 0.360. The molecule has 0 radical (unpaired) electrons. The molecule has 1 aromatic carbocycles. The Morgan fingerprint density at radius 1 is 1.15 bits per heavy atom. The number of H-pyrrole nitrogens is 1. The summed E-state index contributed by atoms with van der Waals surface area (Å²) >= 11 is 5.88. The molecule has 8 N–H and O–H groups in total. The number of guanidine groups is 1. The van der Waals surface area contributed by atoms with E-state index >= 15 is 0 Å². The normalized spacial score (nSPS) is 17.0. The second-order valence-electron chi connectivity index (χ2n) is 9.80. The summed E-state index contributed by atoms with van der Waals surface area (Å²) in [6.07, 6.45) is 3.47. The molecule has 2 aromatic heterocycles. The van der Waals surface area contributed by atoms with Gasteiger partial charge in [-0.2, -0.15) is 0 Å². The Kier molecular flexibility index (Phi) is 7.00. The molecule has 0 unspecified atom stereocenters. The van der Waals surface area contributed by atoms with Crippen LogP contribution in [0.2, 0.25) is 5.15 Å². The number of nitrogens with zero attached hydrogens (tertiary/aromatic N) is 4. The average Bonchev–Trinajstić information content (AvgIpc) is 3.49. The van der Waals surface area contributed by atoms with Crippen molar-refractivity contribution in [3.05, 3.63) is 46.9 Å². The molecule has 5 rings (SSSR count). The lowest BCUT2D eigenvalue weighted by Crippen LogP contribution is -2.59. The first-order valence-electron chi connectivity index (χ1n) is 12.5. The summed E-state index contributed by atoms with van der Waals surface area (Å²) < 4.78 is 0. The molecule has 2 aliphatic rings. The predicted molar refractivity (Wildman–Crippen MR) is 147 cm³/mol. The minimum atomic E-state index is -0.684. The number of nitrogen functional groups attached to an aromatic ring is 2. The van der Waals surface area contributed by atoms with E-state index in [1.165, 1.54) is 6.92 Å². The molecule has 1 fully saturated rings. The van der Waals surface area contributed by atoms with E-state index in [0.29, 0.717) is 38.9 Å². The lowest BCUT2D eigenvalue weighted by Gasteiger charge is -2.40. The van der Waals surface area contributed by atoms with Crippen LogP contribution in [0.1, 0.15) is 35.8 Å². The molecule has 0 bridgehead atoms. The highest BCUT2D eigenvalue weighted by atomic mass is 35.5. The number of carbonyl (C=O) groups excluding carboxylic acids is 3. The summed E-state index contributed by atoms with van der Waals surface area (Å²) in [6.45, 7) is 2.78. The number of amides is 3. The zero-order valence-corrected chi connectivity index (χ0v) is 22.0. The van der Waals surface area contributed by atoms with Crippen molar-refractivity contribution in [1.82, 2.24) is 35.8 Å². The standard InChI is InChI=1S/C25H29ClN10O3/c1-13(37)31-17(10-14-11-29-16-5-3-2-4-15(14)16)23(39)36-8-6-25(7-9-36)12-30-24(35-25)34-22(38)18-20(27)33-21(28)19(26)32-18/h2-5,11,17,29H,6-10,12H2,1H3,(H,31,37)(H4,27,28,33)(H2,30,34,35,38)/t17-/m1/s1. The minimum absolute atomic E-state index is 0.0653. The van der Waals surface area contributed by atoms with Gasteiger partial charge in [0, 0.05) is 43.5 Å². The molecule has 3 aromatic rings. The molecular weight excluding hydrogens is 524 g/mol. The number of halogens is 1. The summed E-state index contributed by atoms with van der Waals surface area (Å²) in [5.41, 5.74) is 12.7. The van der Waals surface area contributed by atoms with Gasteiger partial charge in [0.05, 0.1) is 12.1 Å². The van der Waals surface area contributed by atoms with Crippen LogP contribution in [-0.4, -0.2) is 74.7 Å². The van der Waals surface area contributed by atoms with E-state index in [4.69, 9.17) is 23.1 Å². The van der Waals surface area contributed by atoms with Gasteiger partial charge in [0.2, 0.25) is 11.8 Å². The predicted octanol–water partition coefficient (Wildman–Crippen LogP) is 0.573. The molecule has 2 aliphatic heterocycles. The largest absolute Gasteiger partial charge is 0.382 e. The van der Waals surface area contributed by atoms with E-state index in [1.54, 1.807) is 4.90 Å². The number of likely N-dealkylation sites (tertiary alicyclic amines) is 1. The Morgan fingerprint density at radius 3 is 2.64 bits per heavy atom. The molecular formula is C25H29ClN10O3. The Bertz CT molecular complexity index is 1480. The molecule has 13 nitrogen and oxygen atoms in total. The number of nitrogens with two attached hydrogens (primary N) is 2. The summed E-state index contributed by atoms with van der Waals surface area (Å²) in [5, 5.41) is 9.68. The maximum atomic E-state index is 13.5. The van der Waals surface area contributed by atoms with Crippen molar-refractivity contribution in [1.29, 1.82) is 0 Å². The van der Waals surface area contributed by atoms with E-state index in [9.17, 15) is 14.4 Å². The van der Waals surface area contributed by atoms with Crippen LogP contribution in [0.4, 0.5) is 11.6 Å². The number of fused-ring (bicyclic) bond motifs is 1. The SMILES string of the molecule is CC(=O)N[C@H](Cc1c[nH]c2ccccc12)C(=O)N1CCC2(CC1)CN=C(NC(=O)c1nc(Cl)c(N)nc1N)N2. The van der Waals surface area contributed by atoms with E-state index in [1.807, 2.05) is 30.5 Å². The van der Waals surface area contributed by atoms with E-state index < -0.39 is 17.5 Å². The second kappa shape index (κ2) is 10.4. The van der Waals surface area contributed by atoms with Gasteiger partial charge in [-0.1, -0.05) is 29.8 Å². The van der Waals surface area contributed by atoms with Crippen LogP contribution in [0.25, 0.3) is 10.9 Å². The highest BCUT2D eigenvalue weighted by molar-refractivity contribution is 6.31. The van der Waals surface area contributed by atoms with Crippen LogP contribution in [0.3, 0.4) is 0 Å². The van der Waals surface area contributed by atoms with Crippen molar-refractivity contribution >= 4 is 57.8 Å². The summed E-state index contributed by atoms with van der Waals surface area (Å²) in [6, 6.07) is 7.17. The first-order chi connectivity index (χ1) is 18.6. The number of para-hydroxylation sites is 1. The smallest absolute Gasteiger partial charge is 0.280 e. The van der Waals surface area contributed by atoms with Gasteiger partial charge < -0.3 is 32.0 Å². The van der Waals surface area contributed by atoms with Gasteiger partial charge in [-0.05, 0) is 24.5 Å². The first kappa shape index (κ1) is 26.2. The van der Waals surface area contributed by atoms with E-state index in [-0.39, 0.29) is 40.3 Å². The quantitative estimate of drug-likeness (QED) is 0.264. The van der Waals surface area contributed by atoms with Crippen LogP contribution >= 0.6 is 11.6 Å². The molecule has 0 saturated carbocycles. The monoisotopic (exact) mass is 552 g/mol. The number of rotatable bonds is 5. The third-order valence-electron chi connectivity index (χ3n) is 7.08. The number of hydrogen-bond acceptors (Lipinski definition) is 9. The van der Waals surface area contributed by atoms with Gasteiger partial charge in [0.1, 0.15) is 6.04 Å². The molecule has 14 heteroatoms. The van der Waals surface area contributed by atoms with Crippen molar-refractivity contribution in [3.8, 4) is 0 Å². The third kappa shape index (κ3) is 5.43. The number of carbonyl (C=O) groups is 3. The summed E-state index contributed by atoms with van der Waals surface area (Å²) in [5.74, 6) is -0.939. The average molecular weight is 553 g/mol. The Morgan fingerprint density at radius 2 is 1.90 bits per heavy atom. The van der Waals surface area contributed by atoms with E-state index in [0.717, 1.165) is 16.5 Å². The fourth-order valence-corrected chi connectivity index (χ4v) is 5.16. The molecule has 0 aliphatic carbocycles. The maximum Gasteiger partial charge on any atom is 0.280 e. The first-order valence-corrected chi connectivity index (χ1v) is 12.9. The number of nitrogens with one attached hydrogen (secondary N) is 4. The number of hydrogen-bond donors (Lipinski definition) is 6. The number of anilines is 2. The number of aromatic nitrogens is 3. The molecule has 1 saturated heterocycles. The Balaban J connectivity index is 1.20. The van der Waals surface area contributed by atoms with Crippen molar-refractivity contribution in [2.75, 3.05) is 31.1 Å². The number of aromatic amines is 1. The van der Waals surface area contributed by atoms with Crippen LogP contribution in [0.5, 0.6) is 0 Å². The molecule has 1 spiro atoms. The molecule has 39 heavy (non-hydrogen) atoms. The van der Waals surface area contributed by atoms with Gasteiger partial charge in [-0.25, -0.2) is 9.97 Å². The summed E-state index contributed by atoms with van der Waals surface area (Å²) in [7, 11) is 0. The molecule has 3 amide bonds. The number of piperidine rings is 1. The maximum absolute atomic E-state index is 13.5. The van der Waals surface area contributed by atoms with Crippen molar-refractivity contribution in [2.45, 2.75) is 37.8 Å². The lowest BCUT2D eigenvalue weighted by molar-refractivity contribution is -0.137. The lowest BCUT2D eigenvalue weighted by atomic mass is 9.88. The topological polar surface area (TPSA) is 197 Å². The van der Waals surface area contributed by atoms with Gasteiger partial charge in [0.15, 0.2) is 28.4 Å². The summed E-state index contributed by atoms with van der Waals surface area (Å²) in [4.78, 5) is 55.3. The fourth-order valence-electron chi connectivity index (χ4n) is 5.03. The number of aliphatic imine (C=N–C) groups is 1. The second-order valence-corrected chi connectivity index (χ2v) is 10.2. The molecule has 1 atom stereocenters. The third-order valence-corrected chi connectivity index (χ3v) is 7.36. The zero-order chi connectivity index (χ0) is 27.7. The minimum Gasteiger partial charge on any atom is -0.382 e. The van der Waals surface area contributed by atoms with Gasteiger partial charge >= 0.3 is 0 Å². The highest BCUT2D eigenvalue weighted by Gasteiger charge is 2.41. The van der Waals surface area contributed by atoms with Crippen LogP contribution < -0.4 is 27.4 Å². The van der Waals surface area contributed by atoms with Crippen molar-refractivity contribution in [2.24, 2.45) is 4.99 Å². The van der Waals surface area contributed by atoms with Crippen LogP contribution in [-0.2, 0) is 16.0 Å². The van der Waals surface area contributed by atoms with Gasteiger partial charge in [-0.15, -0.1) is 0 Å². The van der Waals surface area contributed by atoms with Crippen molar-refractivity contribution in [3.63, 3.8) is 0 Å². The number of benzene rings is 1. The zero-order valence-electron chi connectivity index (χ0n) is 21.3. The van der Waals surface area contributed by atoms with Crippen molar-refractivity contribution < 1.29 is 14.4 Å². The van der Waals surface area contributed by atoms with Gasteiger partial charge in [-0.3, -0.25) is 24.7 Å².